The number of benzene rings is 1. The lowest BCUT2D eigenvalue weighted by molar-refractivity contribution is 0.0559. The Hall–Kier alpha value is -1.88. The van der Waals surface area contributed by atoms with Crippen molar-refractivity contribution in [2.24, 2.45) is 5.73 Å². The normalized spacial score (nSPS) is 10.5. The van der Waals surface area contributed by atoms with Crippen LogP contribution in [-0.2, 0) is 11.3 Å². The molecule has 5 nitrogen and oxygen atoms in total. The molecule has 78 valence electrons. The molecule has 0 amide bonds. The van der Waals surface area contributed by atoms with E-state index in [1.165, 1.54) is 7.11 Å². The monoisotopic (exact) mass is 206 g/mol. The highest BCUT2D eigenvalue weighted by atomic mass is 16.5. The van der Waals surface area contributed by atoms with Crippen LogP contribution in [0.15, 0.2) is 22.6 Å². The predicted octanol–water partition coefficient (Wildman–Crippen LogP) is 1.07. The summed E-state index contributed by atoms with van der Waals surface area (Å²) in [5.74, 6) is -0.637. The third-order valence-electron chi connectivity index (χ3n) is 2.08. The third-order valence-corrected chi connectivity index (χ3v) is 2.08. The van der Waals surface area contributed by atoms with E-state index < -0.39 is 5.97 Å². The molecule has 0 spiro atoms. The largest absolute Gasteiger partial charge is 0.462 e. The number of carbonyl (C=O) groups is 1. The summed E-state index contributed by atoms with van der Waals surface area (Å²) in [7, 11) is 1.28. The van der Waals surface area contributed by atoms with Crippen molar-refractivity contribution in [3.8, 4) is 0 Å². The molecule has 0 radical (unpaired) electrons. The Balaban J connectivity index is 2.60. The van der Waals surface area contributed by atoms with Crippen LogP contribution in [0.1, 0.15) is 16.2 Å². The lowest BCUT2D eigenvalue weighted by Crippen LogP contribution is -2.01. The maximum Gasteiger partial charge on any atom is 0.394 e. The Morgan fingerprint density at radius 1 is 1.60 bits per heavy atom. The number of esters is 1. The molecule has 0 atom stereocenters. The van der Waals surface area contributed by atoms with E-state index in [1.54, 1.807) is 12.1 Å². The topological polar surface area (TPSA) is 78.3 Å². The van der Waals surface area contributed by atoms with E-state index in [0.717, 1.165) is 5.56 Å². The Bertz CT molecular complexity index is 504. The van der Waals surface area contributed by atoms with Crippen molar-refractivity contribution in [1.29, 1.82) is 0 Å². The minimum absolute atomic E-state index is 0.0478. The van der Waals surface area contributed by atoms with Crippen LogP contribution in [0.25, 0.3) is 11.1 Å². The van der Waals surface area contributed by atoms with Crippen LogP contribution >= 0.6 is 0 Å². The van der Waals surface area contributed by atoms with Crippen molar-refractivity contribution in [2.45, 2.75) is 6.54 Å². The summed E-state index contributed by atoms with van der Waals surface area (Å²) in [5, 5.41) is 0. The van der Waals surface area contributed by atoms with E-state index in [2.05, 4.69) is 9.72 Å². The predicted molar refractivity (Wildman–Crippen MR) is 53.2 cm³/mol. The van der Waals surface area contributed by atoms with Gasteiger partial charge in [-0.2, -0.15) is 0 Å². The third kappa shape index (κ3) is 1.57. The van der Waals surface area contributed by atoms with Crippen LogP contribution < -0.4 is 5.73 Å². The van der Waals surface area contributed by atoms with Crippen LogP contribution in [-0.4, -0.2) is 18.1 Å². The quantitative estimate of drug-likeness (QED) is 0.743. The summed E-state index contributed by atoms with van der Waals surface area (Å²) >= 11 is 0. The van der Waals surface area contributed by atoms with E-state index in [-0.39, 0.29) is 5.89 Å². The zero-order valence-electron chi connectivity index (χ0n) is 8.19. The van der Waals surface area contributed by atoms with Crippen molar-refractivity contribution in [2.75, 3.05) is 7.11 Å². The van der Waals surface area contributed by atoms with Gasteiger partial charge in [0.15, 0.2) is 5.58 Å². The fourth-order valence-electron chi connectivity index (χ4n) is 1.34. The first kappa shape index (κ1) is 9.67. The van der Waals surface area contributed by atoms with Crippen molar-refractivity contribution in [1.82, 2.24) is 4.98 Å². The minimum Gasteiger partial charge on any atom is -0.462 e. The number of carbonyl (C=O) groups excluding carboxylic acids is 1. The van der Waals surface area contributed by atoms with E-state index in [9.17, 15) is 4.79 Å². The van der Waals surface area contributed by atoms with Gasteiger partial charge in [0.2, 0.25) is 0 Å². The number of methoxy groups -OCH3 is 1. The standard InChI is InChI=1S/C10H10N2O3/c1-14-10(13)9-12-8-6(5-11)3-2-4-7(8)15-9/h2-4H,5,11H2,1H3. The lowest BCUT2D eigenvalue weighted by atomic mass is 10.2. The fraction of sp³-hybridized carbons (Fsp3) is 0.200. The minimum atomic E-state index is -0.589. The average molecular weight is 206 g/mol. The zero-order chi connectivity index (χ0) is 10.8. The molecular formula is C10H10N2O3. The van der Waals surface area contributed by atoms with Crippen molar-refractivity contribution in [3.05, 3.63) is 29.7 Å². The number of nitrogens with two attached hydrogens (primary N) is 1. The van der Waals surface area contributed by atoms with Gasteiger partial charge in [-0.25, -0.2) is 9.78 Å². The number of oxazole rings is 1. The van der Waals surface area contributed by atoms with Crippen molar-refractivity contribution in [3.63, 3.8) is 0 Å². The van der Waals surface area contributed by atoms with Gasteiger partial charge in [0.25, 0.3) is 0 Å². The molecule has 0 aliphatic rings. The smallest absolute Gasteiger partial charge is 0.394 e. The molecule has 0 aliphatic heterocycles. The second-order valence-electron chi connectivity index (χ2n) is 2.98. The maximum atomic E-state index is 11.2. The Labute approximate surface area is 85.8 Å². The molecule has 0 bridgehead atoms. The fourth-order valence-corrected chi connectivity index (χ4v) is 1.34. The van der Waals surface area contributed by atoms with E-state index >= 15 is 0 Å². The first-order chi connectivity index (χ1) is 7.26. The molecule has 5 heteroatoms. The van der Waals surface area contributed by atoms with Gasteiger partial charge in [0.1, 0.15) is 5.52 Å². The van der Waals surface area contributed by atoms with Crippen LogP contribution in [0.5, 0.6) is 0 Å². The molecule has 0 saturated heterocycles. The number of hydrogen-bond donors (Lipinski definition) is 1. The Kier molecular flexibility index (Phi) is 2.39. The van der Waals surface area contributed by atoms with Crippen LogP contribution in [0.4, 0.5) is 0 Å². The second kappa shape index (κ2) is 3.70. The maximum absolute atomic E-state index is 11.2. The van der Waals surface area contributed by atoms with Gasteiger partial charge in [0.05, 0.1) is 7.11 Å². The molecule has 2 N–H and O–H groups in total. The zero-order valence-corrected chi connectivity index (χ0v) is 8.19. The van der Waals surface area contributed by atoms with Gasteiger partial charge in [0, 0.05) is 6.54 Å². The van der Waals surface area contributed by atoms with Crippen LogP contribution in [0.2, 0.25) is 0 Å². The molecule has 0 saturated carbocycles. The first-order valence-corrected chi connectivity index (χ1v) is 4.43. The Morgan fingerprint density at radius 2 is 2.40 bits per heavy atom. The molecule has 2 rings (SSSR count). The lowest BCUT2D eigenvalue weighted by Gasteiger charge is -1.94. The van der Waals surface area contributed by atoms with Crippen molar-refractivity contribution >= 4 is 17.1 Å². The molecule has 1 aromatic heterocycles. The number of rotatable bonds is 2. The molecule has 0 unspecified atom stereocenters. The first-order valence-electron chi connectivity index (χ1n) is 4.43. The number of ether oxygens (including phenoxy) is 1. The molecular weight excluding hydrogens is 196 g/mol. The average Bonchev–Trinajstić information content (AvgIpc) is 2.71. The highest BCUT2D eigenvalue weighted by Crippen LogP contribution is 2.19. The molecule has 0 fully saturated rings. The molecule has 15 heavy (non-hydrogen) atoms. The van der Waals surface area contributed by atoms with Crippen molar-refractivity contribution < 1.29 is 13.9 Å². The van der Waals surface area contributed by atoms with Gasteiger partial charge in [-0.1, -0.05) is 12.1 Å². The number of para-hydroxylation sites is 1. The van der Waals surface area contributed by atoms with Gasteiger partial charge >= 0.3 is 11.9 Å². The van der Waals surface area contributed by atoms with Crippen LogP contribution in [0, 0.1) is 0 Å². The molecule has 1 heterocycles. The number of nitrogens with zero attached hydrogens (tertiary/aromatic N) is 1. The number of aromatic nitrogens is 1. The summed E-state index contributed by atoms with van der Waals surface area (Å²) < 4.78 is 9.73. The SMILES string of the molecule is COC(=O)c1nc2c(CN)cccc2o1. The van der Waals surface area contributed by atoms with Gasteiger partial charge < -0.3 is 14.9 Å². The molecule has 2 aromatic rings. The van der Waals surface area contributed by atoms with Crippen LogP contribution in [0.3, 0.4) is 0 Å². The second-order valence-corrected chi connectivity index (χ2v) is 2.98. The number of hydrogen-bond acceptors (Lipinski definition) is 5. The number of fused-ring (bicyclic) bond motifs is 1. The molecule has 0 aliphatic carbocycles. The van der Waals surface area contributed by atoms with Gasteiger partial charge in [-0.3, -0.25) is 0 Å². The Morgan fingerprint density at radius 3 is 3.07 bits per heavy atom. The molecule has 1 aromatic carbocycles. The van der Waals surface area contributed by atoms with Gasteiger partial charge in [-0.15, -0.1) is 0 Å². The van der Waals surface area contributed by atoms with E-state index in [0.29, 0.717) is 17.6 Å². The summed E-state index contributed by atoms with van der Waals surface area (Å²) in [5.41, 5.74) is 7.53. The summed E-state index contributed by atoms with van der Waals surface area (Å²) in [6, 6.07) is 5.37. The van der Waals surface area contributed by atoms with E-state index in [4.69, 9.17) is 10.2 Å². The van der Waals surface area contributed by atoms with Gasteiger partial charge in [-0.05, 0) is 11.6 Å². The highest BCUT2D eigenvalue weighted by molar-refractivity contribution is 5.88. The summed E-state index contributed by atoms with van der Waals surface area (Å²) in [6.45, 7) is 0.352. The summed E-state index contributed by atoms with van der Waals surface area (Å²) in [4.78, 5) is 15.2. The highest BCUT2D eigenvalue weighted by Gasteiger charge is 2.15. The van der Waals surface area contributed by atoms with E-state index in [1.807, 2.05) is 6.07 Å². The summed E-state index contributed by atoms with van der Waals surface area (Å²) in [6.07, 6.45) is 0.